The van der Waals surface area contributed by atoms with Gasteiger partial charge in [-0.15, -0.1) is 0 Å². The SMILES string of the molecule is OC1CCC2CN(Cc3ccccc3Cl)CC12. The molecule has 0 aromatic heterocycles. The third-order valence-electron chi connectivity index (χ3n) is 4.25. The molecule has 1 saturated heterocycles. The second kappa shape index (κ2) is 4.60. The van der Waals surface area contributed by atoms with E-state index < -0.39 is 0 Å². The molecular formula is C14H18ClNO. The van der Waals surface area contributed by atoms with Crippen LogP contribution in [-0.2, 0) is 6.54 Å². The van der Waals surface area contributed by atoms with Crippen molar-refractivity contribution in [2.75, 3.05) is 13.1 Å². The van der Waals surface area contributed by atoms with Gasteiger partial charge in [0.2, 0.25) is 0 Å². The van der Waals surface area contributed by atoms with Crippen LogP contribution in [0.25, 0.3) is 0 Å². The highest BCUT2D eigenvalue weighted by Gasteiger charge is 2.41. The minimum absolute atomic E-state index is 0.0729. The summed E-state index contributed by atoms with van der Waals surface area (Å²) >= 11 is 6.18. The van der Waals surface area contributed by atoms with Gasteiger partial charge in [-0.05, 0) is 30.4 Å². The van der Waals surface area contributed by atoms with Crippen LogP contribution in [0.3, 0.4) is 0 Å². The first-order valence-electron chi connectivity index (χ1n) is 6.38. The quantitative estimate of drug-likeness (QED) is 0.873. The number of hydrogen-bond donors (Lipinski definition) is 1. The minimum atomic E-state index is -0.0729. The van der Waals surface area contributed by atoms with Gasteiger partial charge in [0.25, 0.3) is 0 Å². The normalized spacial score (nSPS) is 32.9. The molecule has 3 unspecified atom stereocenters. The number of rotatable bonds is 2. The molecule has 1 aromatic rings. The Labute approximate surface area is 107 Å². The van der Waals surface area contributed by atoms with Crippen LogP contribution in [0.2, 0.25) is 5.02 Å². The molecule has 0 amide bonds. The summed E-state index contributed by atoms with van der Waals surface area (Å²) in [5.74, 6) is 1.20. The molecule has 1 N–H and O–H groups in total. The monoisotopic (exact) mass is 251 g/mol. The lowest BCUT2D eigenvalue weighted by Gasteiger charge is -2.18. The zero-order chi connectivity index (χ0) is 11.8. The highest BCUT2D eigenvalue weighted by Crippen LogP contribution is 2.38. The van der Waals surface area contributed by atoms with Crippen molar-refractivity contribution in [3.05, 3.63) is 34.9 Å². The lowest BCUT2D eigenvalue weighted by Crippen LogP contribution is -2.24. The van der Waals surface area contributed by atoms with Crippen LogP contribution >= 0.6 is 11.6 Å². The minimum Gasteiger partial charge on any atom is -0.393 e. The van der Waals surface area contributed by atoms with Gasteiger partial charge in [-0.1, -0.05) is 29.8 Å². The van der Waals surface area contributed by atoms with Gasteiger partial charge in [-0.3, -0.25) is 4.90 Å². The number of hydrogen-bond acceptors (Lipinski definition) is 2. The molecule has 2 aliphatic rings. The third kappa shape index (κ3) is 2.22. The molecular weight excluding hydrogens is 234 g/mol. The summed E-state index contributed by atoms with van der Waals surface area (Å²) in [6.07, 6.45) is 2.11. The van der Waals surface area contributed by atoms with Crippen molar-refractivity contribution in [1.82, 2.24) is 4.90 Å². The highest BCUT2D eigenvalue weighted by atomic mass is 35.5. The van der Waals surface area contributed by atoms with Crippen molar-refractivity contribution in [1.29, 1.82) is 0 Å². The summed E-state index contributed by atoms with van der Waals surface area (Å²) in [6.45, 7) is 3.06. The molecule has 1 saturated carbocycles. The standard InChI is InChI=1S/C14H18ClNO/c15-13-4-2-1-3-11(13)8-16-7-10-5-6-14(17)12(10)9-16/h1-4,10,12,14,17H,5-9H2. The van der Waals surface area contributed by atoms with Crippen LogP contribution < -0.4 is 0 Å². The van der Waals surface area contributed by atoms with Crippen LogP contribution in [0.15, 0.2) is 24.3 Å². The fourth-order valence-corrected chi connectivity index (χ4v) is 3.52. The van der Waals surface area contributed by atoms with E-state index in [0.717, 1.165) is 31.1 Å². The molecule has 1 heterocycles. The number of aliphatic hydroxyl groups is 1. The molecule has 0 bridgehead atoms. The van der Waals surface area contributed by atoms with Crippen LogP contribution in [0.5, 0.6) is 0 Å². The van der Waals surface area contributed by atoms with Crippen LogP contribution in [0, 0.1) is 11.8 Å². The summed E-state index contributed by atoms with van der Waals surface area (Å²) in [4.78, 5) is 2.43. The number of halogens is 1. The molecule has 0 spiro atoms. The number of benzene rings is 1. The number of nitrogens with zero attached hydrogens (tertiary/aromatic N) is 1. The first kappa shape index (κ1) is 11.5. The van der Waals surface area contributed by atoms with E-state index in [1.54, 1.807) is 0 Å². The molecule has 2 nitrogen and oxygen atoms in total. The van der Waals surface area contributed by atoms with E-state index in [0.29, 0.717) is 11.8 Å². The number of fused-ring (bicyclic) bond motifs is 1. The molecule has 3 atom stereocenters. The summed E-state index contributed by atoms with van der Waals surface area (Å²) in [5.41, 5.74) is 1.20. The Hall–Kier alpha value is -0.570. The van der Waals surface area contributed by atoms with Crippen LogP contribution in [0.4, 0.5) is 0 Å². The largest absolute Gasteiger partial charge is 0.393 e. The lowest BCUT2D eigenvalue weighted by atomic mass is 10.00. The van der Waals surface area contributed by atoms with Crippen molar-refractivity contribution >= 4 is 11.6 Å². The zero-order valence-electron chi connectivity index (χ0n) is 9.85. The fourth-order valence-electron chi connectivity index (χ4n) is 3.33. The van der Waals surface area contributed by atoms with Gasteiger partial charge < -0.3 is 5.11 Å². The van der Waals surface area contributed by atoms with Gasteiger partial charge in [0.05, 0.1) is 6.10 Å². The number of likely N-dealkylation sites (tertiary alicyclic amines) is 1. The first-order valence-corrected chi connectivity index (χ1v) is 6.75. The molecule has 17 heavy (non-hydrogen) atoms. The zero-order valence-corrected chi connectivity index (χ0v) is 10.6. The topological polar surface area (TPSA) is 23.5 Å². The molecule has 2 fully saturated rings. The molecule has 1 aliphatic heterocycles. The average molecular weight is 252 g/mol. The Morgan fingerprint density at radius 1 is 1.24 bits per heavy atom. The highest BCUT2D eigenvalue weighted by molar-refractivity contribution is 6.31. The second-order valence-corrected chi connectivity index (χ2v) is 5.76. The van der Waals surface area contributed by atoms with Crippen molar-refractivity contribution in [3.8, 4) is 0 Å². The van der Waals surface area contributed by atoms with E-state index in [1.165, 1.54) is 12.0 Å². The van der Waals surface area contributed by atoms with E-state index in [-0.39, 0.29) is 6.10 Å². The molecule has 3 rings (SSSR count). The van der Waals surface area contributed by atoms with Crippen molar-refractivity contribution in [3.63, 3.8) is 0 Å². The van der Waals surface area contributed by atoms with E-state index in [9.17, 15) is 5.11 Å². The van der Waals surface area contributed by atoms with Crippen molar-refractivity contribution in [2.45, 2.75) is 25.5 Å². The Morgan fingerprint density at radius 2 is 2.06 bits per heavy atom. The number of aliphatic hydroxyl groups excluding tert-OH is 1. The Balaban J connectivity index is 1.67. The van der Waals surface area contributed by atoms with E-state index in [4.69, 9.17) is 11.6 Å². The fraction of sp³-hybridized carbons (Fsp3) is 0.571. The summed E-state index contributed by atoms with van der Waals surface area (Å²) in [6, 6.07) is 8.04. The Kier molecular flexibility index (Phi) is 3.12. The van der Waals surface area contributed by atoms with Gasteiger partial charge >= 0.3 is 0 Å². The van der Waals surface area contributed by atoms with Crippen molar-refractivity contribution < 1.29 is 5.11 Å². The summed E-state index contributed by atoms with van der Waals surface area (Å²) < 4.78 is 0. The maximum absolute atomic E-state index is 9.89. The van der Waals surface area contributed by atoms with Gasteiger partial charge in [-0.25, -0.2) is 0 Å². The predicted molar refractivity (Wildman–Crippen MR) is 68.9 cm³/mol. The van der Waals surface area contributed by atoms with Crippen LogP contribution in [-0.4, -0.2) is 29.2 Å². The molecule has 92 valence electrons. The maximum atomic E-state index is 9.89. The van der Waals surface area contributed by atoms with Gasteiger partial charge in [0.1, 0.15) is 0 Å². The third-order valence-corrected chi connectivity index (χ3v) is 4.62. The lowest BCUT2D eigenvalue weighted by molar-refractivity contribution is 0.123. The smallest absolute Gasteiger partial charge is 0.0583 e. The maximum Gasteiger partial charge on any atom is 0.0583 e. The first-order chi connectivity index (χ1) is 8.24. The second-order valence-electron chi connectivity index (χ2n) is 5.35. The molecule has 1 aromatic carbocycles. The van der Waals surface area contributed by atoms with E-state index >= 15 is 0 Å². The van der Waals surface area contributed by atoms with E-state index in [1.807, 2.05) is 18.2 Å². The predicted octanol–water partition coefficient (Wildman–Crippen LogP) is 2.54. The molecule has 3 heteroatoms. The van der Waals surface area contributed by atoms with Gasteiger partial charge in [0, 0.05) is 30.6 Å². The summed E-state index contributed by atoms with van der Waals surface area (Å²) in [5, 5.41) is 10.7. The Bertz CT molecular complexity index is 409. The summed E-state index contributed by atoms with van der Waals surface area (Å²) in [7, 11) is 0. The van der Waals surface area contributed by atoms with Crippen LogP contribution in [0.1, 0.15) is 18.4 Å². The Morgan fingerprint density at radius 3 is 2.82 bits per heavy atom. The van der Waals surface area contributed by atoms with Gasteiger partial charge in [-0.2, -0.15) is 0 Å². The average Bonchev–Trinajstić information content (AvgIpc) is 2.85. The van der Waals surface area contributed by atoms with Gasteiger partial charge in [0.15, 0.2) is 0 Å². The van der Waals surface area contributed by atoms with E-state index in [2.05, 4.69) is 11.0 Å². The van der Waals surface area contributed by atoms with Crippen molar-refractivity contribution in [2.24, 2.45) is 11.8 Å². The molecule has 0 radical (unpaired) electrons. The molecule has 1 aliphatic carbocycles.